The molecule has 1 aromatic carbocycles. The zero-order valence-electron chi connectivity index (χ0n) is 15.0. The molecule has 1 aliphatic rings. The fourth-order valence-corrected chi connectivity index (χ4v) is 3.17. The number of ether oxygens (including phenoxy) is 3. The minimum atomic E-state index is -4.53. The van der Waals surface area contributed by atoms with Crippen LogP contribution >= 0.6 is 7.82 Å². The molecule has 27 heavy (non-hydrogen) atoms. The van der Waals surface area contributed by atoms with Gasteiger partial charge in [-0.3, -0.25) is 9.05 Å². The highest BCUT2D eigenvalue weighted by Crippen LogP contribution is 2.46. The largest absolute Gasteiger partial charge is 0.472 e. The van der Waals surface area contributed by atoms with E-state index in [4.69, 9.17) is 18.7 Å². The van der Waals surface area contributed by atoms with Crippen molar-refractivity contribution in [2.24, 2.45) is 0 Å². The zero-order chi connectivity index (χ0) is 20.2. The number of carbonyl (C=O) groups excluding carboxylic acids is 1. The summed E-state index contributed by atoms with van der Waals surface area (Å²) in [5.41, 5.74) is 1.13. The van der Waals surface area contributed by atoms with E-state index in [9.17, 15) is 24.5 Å². The molecular weight excluding hydrogens is 383 g/mol. The molecule has 3 N–H and O–H groups in total. The average Bonchev–Trinajstić information content (AvgIpc) is 2.65. The Labute approximate surface area is 156 Å². The number of methoxy groups -OCH3 is 1. The van der Waals surface area contributed by atoms with Crippen molar-refractivity contribution in [3.63, 3.8) is 0 Å². The zero-order valence-corrected chi connectivity index (χ0v) is 15.9. The molecule has 2 rings (SSSR count). The number of aliphatic hydroxyl groups excluding tert-OH is 2. The van der Waals surface area contributed by atoms with E-state index in [1.54, 1.807) is 12.1 Å². The first kappa shape index (κ1) is 21.9. The predicted molar refractivity (Wildman–Crippen MR) is 90.9 cm³/mol. The number of phosphoric ester groups is 1. The van der Waals surface area contributed by atoms with E-state index in [0.29, 0.717) is 0 Å². The number of aliphatic hydroxyl groups is 2. The van der Waals surface area contributed by atoms with E-state index in [-0.39, 0.29) is 5.56 Å². The van der Waals surface area contributed by atoms with Crippen LogP contribution in [0.2, 0.25) is 0 Å². The maximum atomic E-state index is 12.4. The van der Waals surface area contributed by atoms with E-state index in [2.05, 4.69) is 4.52 Å². The molecule has 1 fully saturated rings. The van der Waals surface area contributed by atoms with Crippen molar-refractivity contribution in [1.29, 1.82) is 0 Å². The number of benzene rings is 1. The van der Waals surface area contributed by atoms with Gasteiger partial charge in [0, 0.05) is 14.2 Å². The smallest absolute Gasteiger partial charge is 0.453 e. The minimum absolute atomic E-state index is 0.200. The number of carbonyl (C=O) groups is 1. The maximum absolute atomic E-state index is 12.4. The van der Waals surface area contributed by atoms with Crippen molar-refractivity contribution in [2.75, 3.05) is 20.8 Å². The van der Waals surface area contributed by atoms with Gasteiger partial charge in [-0.2, -0.15) is 0 Å². The number of hydrogen-bond acceptors (Lipinski definition) is 9. The summed E-state index contributed by atoms with van der Waals surface area (Å²) < 4.78 is 36.9. The second-order valence-corrected chi connectivity index (χ2v) is 7.42. The van der Waals surface area contributed by atoms with Gasteiger partial charge < -0.3 is 29.3 Å². The first-order valence-electron chi connectivity index (χ1n) is 8.04. The predicted octanol–water partition coefficient (Wildman–Crippen LogP) is 0.377. The van der Waals surface area contributed by atoms with Crippen LogP contribution in [0.1, 0.15) is 15.9 Å². The Hall–Kier alpha value is -1.36. The lowest BCUT2D eigenvalue weighted by Gasteiger charge is -2.42. The van der Waals surface area contributed by atoms with Gasteiger partial charge in [0.1, 0.15) is 12.2 Å². The molecule has 152 valence electrons. The SMILES string of the molecule is CO[C@@H]1O[C@H](CO)[C@H](O)[C@H](OC(=O)c2ccc(C)cc2)[C@@H]1OP(=O)(O)OC. The van der Waals surface area contributed by atoms with Crippen LogP contribution in [-0.2, 0) is 27.8 Å². The van der Waals surface area contributed by atoms with Crippen LogP contribution in [-0.4, -0.2) is 72.6 Å². The quantitative estimate of drug-likeness (QED) is 0.430. The third kappa shape index (κ3) is 5.34. The van der Waals surface area contributed by atoms with Gasteiger partial charge in [-0.15, -0.1) is 0 Å². The first-order valence-corrected chi connectivity index (χ1v) is 9.53. The molecule has 0 aliphatic carbocycles. The van der Waals surface area contributed by atoms with Gasteiger partial charge in [-0.25, -0.2) is 9.36 Å². The number of hydrogen-bond donors (Lipinski definition) is 3. The molecule has 0 saturated carbocycles. The van der Waals surface area contributed by atoms with Crippen LogP contribution in [0.25, 0.3) is 0 Å². The van der Waals surface area contributed by atoms with Crippen molar-refractivity contribution >= 4 is 13.8 Å². The normalized spacial score (nSPS) is 30.5. The maximum Gasteiger partial charge on any atom is 0.472 e. The second kappa shape index (κ2) is 9.22. The van der Waals surface area contributed by atoms with Gasteiger partial charge in [0.05, 0.1) is 12.2 Å². The molecule has 11 heteroatoms. The van der Waals surface area contributed by atoms with Crippen molar-refractivity contribution in [3.05, 3.63) is 35.4 Å². The standard InChI is InChI=1S/C16H23O10P/c1-9-4-6-10(7-5-9)15(19)25-13-12(18)11(8-17)24-16(22-2)14(13)26-27(20,21)23-3/h4-7,11-14,16-18H,8H2,1-3H3,(H,20,21)/t11-,12+,13+,14+,16-/m1/s1. The Morgan fingerprint density at radius 2 is 1.85 bits per heavy atom. The lowest BCUT2D eigenvalue weighted by molar-refractivity contribution is -0.290. The fraction of sp³-hybridized carbons (Fsp3) is 0.562. The molecule has 6 atom stereocenters. The summed E-state index contributed by atoms with van der Waals surface area (Å²) in [4.78, 5) is 22.1. The average molecular weight is 406 g/mol. The number of esters is 1. The van der Waals surface area contributed by atoms with Crippen LogP contribution in [0.4, 0.5) is 0 Å². The Balaban J connectivity index is 2.30. The molecular formula is C16H23O10P. The Morgan fingerprint density at radius 1 is 1.22 bits per heavy atom. The van der Waals surface area contributed by atoms with Crippen molar-refractivity contribution in [3.8, 4) is 0 Å². The lowest BCUT2D eigenvalue weighted by Crippen LogP contribution is -2.61. The van der Waals surface area contributed by atoms with E-state index in [1.807, 2.05) is 6.92 Å². The highest BCUT2D eigenvalue weighted by molar-refractivity contribution is 7.47. The summed E-state index contributed by atoms with van der Waals surface area (Å²) in [5.74, 6) is -0.800. The van der Waals surface area contributed by atoms with E-state index in [0.717, 1.165) is 12.7 Å². The lowest BCUT2D eigenvalue weighted by atomic mass is 9.99. The number of phosphoric acid groups is 1. The first-order chi connectivity index (χ1) is 12.7. The summed E-state index contributed by atoms with van der Waals surface area (Å²) >= 11 is 0. The summed E-state index contributed by atoms with van der Waals surface area (Å²) in [6.07, 6.45) is -6.97. The number of aryl methyl sites for hydroxylation is 1. The molecule has 0 radical (unpaired) electrons. The molecule has 10 nitrogen and oxygen atoms in total. The Kier molecular flexibility index (Phi) is 7.49. The van der Waals surface area contributed by atoms with Crippen molar-refractivity contribution in [1.82, 2.24) is 0 Å². The van der Waals surface area contributed by atoms with Gasteiger partial charge in [0.25, 0.3) is 0 Å². The molecule has 0 spiro atoms. The van der Waals surface area contributed by atoms with Crippen LogP contribution in [0.15, 0.2) is 24.3 Å². The summed E-state index contributed by atoms with van der Waals surface area (Å²) in [6, 6.07) is 6.46. The summed E-state index contributed by atoms with van der Waals surface area (Å²) in [7, 11) is -2.36. The second-order valence-electron chi connectivity index (χ2n) is 5.91. The topological polar surface area (TPSA) is 141 Å². The van der Waals surface area contributed by atoms with Gasteiger partial charge in [0.2, 0.25) is 0 Å². The Morgan fingerprint density at radius 3 is 2.37 bits per heavy atom. The monoisotopic (exact) mass is 406 g/mol. The third-order valence-electron chi connectivity index (χ3n) is 4.05. The van der Waals surface area contributed by atoms with Gasteiger partial charge in [-0.1, -0.05) is 17.7 Å². The van der Waals surface area contributed by atoms with Crippen LogP contribution < -0.4 is 0 Å². The van der Waals surface area contributed by atoms with E-state index >= 15 is 0 Å². The molecule has 1 aliphatic heterocycles. The van der Waals surface area contributed by atoms with Crippen molar-refractivity contribution in [2.45, 2.75) is 37.6 Å². The molecule has 0 amide bonds. The van der Waals surface area contributed by atoms with Crippen LogP contribution in [0, 0.1) is 6.92 Å². The summed E-state index contributed by atoms with van der Waals surface area (Å²) in [6.45, 7) is 1.24. The highest BCUT2D eigenvalue weighted by Gasteiger charge is 2.51. The minimum Gasteiger partial charge on any atom is -0.453 e. The molecule has 1 unspecified atom stereocenters. The van der Waals surface area contributed by atoms with Gasteiger partial charge >= 0.3 is 13.8 Å². The molecule has 0 aromatic heterocycles. The van der Waals surface area contributed by atoms with Gasteiger partial charge in [0.15, 0.2) is 18.5 Å². The van der Waals surface area contributed by atoms with E-state index < -0.39 is 51.1 Å². The fourth-order valence-electron chi connectivity index (χ4n) is 2.56. The summed E-state index contributed by atoms with van der Waals surface area (Å²) in [5, 5.41) is 19.8. The van der Waals surface area contributed by atoms with Gasteiger partial charge in [-0.05, 0) is 19.1 Å². The van der Waals surface area contributed by atoms with Crippen LogP contribution in [0.3, 0.4) is 0 Å². The number of rotatable bonds is 7. The van der Waals surface area contributed by atoms with Crippen LogP contribution in [0.5, 0.6) is 0 Å². The van der Waals surface area contributed by atoms with E-state index in [1.165, 1.54) is 19.2 Å². The Bertz CT molecular complexity index is 678. The molecule has 1 heterocycles. The van der Waals surface area contributed by atoms with Crippen molar-refractivity contribution < 1.29 is 47.7 Å². The highest BCUT2D eigenvalue weighted by atomic mass is 31.2. The molecule has 1 aromatic rings. The molecule has 1 saturated heterocycles. The molecule has 0 bridgehead atoms. The third-order valence-corrected chi connectivity index (χ3v) is 5.02.